The maximum Gasteiger partial charge on any atom is 0.240 e. The second-order valence-electron chi connectivity index (χ2n) is 7.41. The molecule has 1 saturated heterocycles. The SMILES string of the molecule is CC(C)c1ccc(S(=O)(=O)NCC2CC(=O)N(Cc3ccccc3)C2)cc1. The summed E-state index contributed by atoms with van der Waals surface area (Å²) < 4.78 is 27.7. The van der Waals surface area contributed by atoms with E-state index < -0.39 is 10.0 Å². The fourth-order valence-corrected chi connectivity index (χ4v) is 4.41. The third-order valence-corrected chi connectivity index (χ3v) is 6.37. The third kappa shape index (κ3) is 4.96. The van der Waals surface area contributed by atoms with Crippen molar-refractivity contribution >= 4 is 15.9 Å². The lowest BCUT2D eigenvalue weighted by Crippen LogP contribution is -2.31. The minimum atomic E-state index is -3.56. The fourth-order valence-electron chi connectivity index (χ4n) is 3.29. The highest BCUT2D eigenvalue weighted by atomic mass is 32.2. The molecule has 27 heavy (non-hydrogen) atoms. The predicted molar refractivity (Wildman–Crippen MR) is 106 cm³/mol. The van der Waals surface area contributed by atoms with Gasteiger partial charge in [0, 0.05) is 26.1 Å². The molecule has 2 aromatic rings. The molecule has 0 bridgehead atoms. The molecule has 1 N–H and O–H groups in total. The van der Waals surface area contributed by atoms with Crippen LogP contribution in [0, 0.1) is 5.92 Å². The lowest BCUT2D eigenvalue weighted by molar-refractivity contribution is -0.128. The van der Waals surface area contributed by atoms with Gasteiger partial charge in [0.05, 0.1) is 4.90 Å². The Hall–Kier alpha value is -2.18. The molecule has 0 aliphatic carbocycles. The molecule has 2 aromatic carbocycles. The molecule has 1 aliphatic heterocycles. The number of likely N-dealkylation sites (tertiary alicyclic amines) is 1. The van der Waals surface area contributed by atoms with E-state index in [0.29, 0.717) is 25.4 Å². The first-order valence-electron chi connectivity index (χ1n) is 9.26. The average molecular weight is 387 g/mol. The van der Waals surface area contributed by atoms with Gasteiger partial charge in [-0.3, -0.25) is 4.79 Å². The second-order valence-corrected chi connectivity index (χ2v) is 9.17. The summed E-state index contributed by atoms with van der Waals surface area (Å²) in [7, 11) is -3.56. The highest BCUT2D eigenvalue weighted by Gasteiger charge is 2.30. The first-order chi connectivity index (χ1) is 12.8. The first kappa shape index (κ1) is 19.6. The van der Waals surface area contributed by atoms with Crippen LogP contribution >= 0.6 is 0 Å². The molecule has 1 atom stereocenters. The van der Waals surface area contributed by atoms with Crippen LogP contribution in [0.25, 0.3) is 0 Å². The van der Waals surface area contributed by atoms with E-state index in [2.05, 4.69) is 18.6 Å². The summed E-state index contributed by atoms with van der Waals surface area (Å²) in [5, 5.41) is 0. The lowest BCUT2D eigenvalue weighted by atomic mass is 10.0. The van der Waals surface area contributed by atoms with Gasteiger partial charge in [-0.25, -0.2) is 13.1 Å². The van der Waals surface area contributed by atoms with Crippen LogP contribution < -0.4 is 4.72 Å². The van der Waals surface area contributed by atoms with Crippen LogP contribution in [0.4, 0.5) is 0 Å². The van der Waals surface area contributed by atoms with Gasteiger partial charge < -0.3 is 4.90 Å². The number of rotatable bonds is 7. The standard InChI is InChI=1S/C21H26N2O3S/c1-16(2)19-8-10-20(11-9-19)27(25,26)22-13-18-12-21(24)23(15-18)14-17-6-4-3-5-7-17/h3-11,16,18,22H,12-15H2,1-2H3. The van der Waals surface area contributed by atoms with Crippen LogP contribution in [0.15, 0.2) is 59.5 Å². The van der Waals surface area contributed by atoms with Crippen molar-refractivity contribution in [1.82, 2.24) is 9.62 Å². The Labute approximate surface area is 161 Å². The van der Waals surface area contributed by atoms with Crippen molar-refractivity contribution in [2.24, 2.45) is 5.92 Å². The van der Waals surface area contributed by atoms with Crippen molar-refractivity contribution < 1.29 is 13.2 Å². The van der Waals surface area contributed by atoms with Crippen molar-refractivity contribution in [3.63, 3.8) is 0 Å². The van der Waals surface area contributed by atoms with E-state index >= 15 is 0 Å². The van der Waals surface area contributed by atoms with Gasteiger partial charge in [0.2, 0.25) is 15.9 Å². The molecule has 1 unspecified atom stereocenters. The Morgan fingerprint density at radius 1 is 1.07 bits per heavy atom. The molecule has 5 nitrogen and oxygen atoms in total. The Balaban J connectivity index is 1.57. The number of hydrogen-bond acceptors (Lipinski definition) is 3. The van der Waals surface area contributed by atoms with Crippen LogP contribution in [-0.4, -0.2) is 32.3 Å². The number of carbonyl (C=O) groups excluding carboxylic acids is 1. The highest BCUT2D eigenvalue weighted by Crippen LogP contribution is 2.21. The third-order valence-electron chi connectivity index (χ3n) is 4.93. The summed E-state index contributed by atoms with van der Waals surface area (Å²) in [4.78, 5) is 14.3. The summed E-state index contributed by atoms with van der Waals surface area (Å²) in [5.74, 6) is 0.421. The summed E-state index contributed by atoms with van der Waals surface area (Å²) in [5.41, 5.74) is 2.18. The van der Waals surface area contributed by atoms with Gasteiger partial charge in [0.15, 0.2) is 0 Å². The summed E-state index contributed by atoms with van der Waals surface area (Å²) in [6.07, 6.45) is 0.377. The molecule has 3 rings (SSSR count). The van der Waals surface area contributed by atoms with Gasteiger partial charge in [0.25, 0.3) is 0 Å². The minimum Gasteiger partial charge on any atom is -0.338 e. The maximum atomic E-state index is 12.5. The second kappa shape index (κ2) is 8.23. The Kier molecular flexibility index (Phi) is 5.97. The van der Waals surface area contributed by atoms with Gasteiger partial charge in [-0.15, -0.1) is 0 Å². The molecule has 0 spiro atoms. The zero-order valence-corrected chi connectivity index (χ0v) is 16.6. The number of carbonyl (C=O) groups is 1. The summed E-state index contributed by atoms with van der Waals surface area (Å²) >= 11 is 0. The van der Waals surface area contributed by atoms with Gasteiger partial charge in [-0.1, -0.05) is 56.3 Å². The van der Waals surface area contributed by atoms with E-state index in [9.17, 15) is 13.2 Å². The molecule has 0 radical (unpaired) electrons. The van der Waals surface area contributed by atoms with E-state index in [1.54, 1.807) is 17.0 Å². The molecule has 0 saturated carbocycles. The predicted octanol–water partition coefficient (Wildman–Crippen LogP) is 3.14. The summed E-state index contributed by atoms with van der Waals surface area (Å²) in [6, 6.07) is 16.8. The largest absolute Gasteiger partial charge is 0.338 e. The van der Waals surface area contributed by atoms with E-state index in [-0.39, 0.29) is 23.3 Å². The zero-order chi connectivity index (χ0) is 19.4. The van der Waals surface area contributed by atoms with Gasteiger partial charge in [0.1, 0.15) is 0 Å². The van der Waals surface area contributed by atoms with Gasteiger partial charge in [-0.05, 0) is 35.1 Å². The van der Waals surface area contributed by atoms with E-state index in [4.69, 9.17) is 0 Å². The average Bonchev–Trinajstić information content (AvgIpc) is 3.01. The maximum absolute atomic E-state index is 12.5. The number of benzene rings is 2. The van der Waals surface area contributed by atoms with Crippen molar-refractivity contribution in [2.75, 3.05) is 13.1 Å². The lowest BCUT2D eigenvalue weighted by Gasteiger charge is -2.17. The Morgan fingerprint density at radius 3 is 2.37 bits per heavy atom. The number of sulfonamides is 1. The zero-order valence-electron chi connectivity index (χ0n) is 15.8. The van der Waals surface area contributed by atoms with Crippen LogP contribution in [0.2, 0.25) is 0 Å². The Morgan fingerprint density at radius 2 is 1.74 bits per heavy atom. The minimum absolute atomic E-state index is 0.00840. The number of nitrogens with zero attached hydrogens (tertiary/aromatic N) is 1. The van der Waals surface area contributed by atoms with Gasteiger partial charge >= 0.3 is 0 Å². The molecule has 1 amide bonds. The van der Waals surface area contributed by atoms with E-state index in [0.717, 1.165) is 11.1 Å². The molecule has 1 heterocycles. The highest BCUT2D eigenvalue weighted by molar-refractivity contribution is 7.89. The quantitative estimate of drug-likeness (QED) is 0.795. The van der Waals surface area contributed by atoms with Crippen LogP contribution in [0.1, 0.15) is 37.3 Å². The van der Waals surface area contributed by atoms with Crippen molar-refractivity contribution in [3.8, 4) is 0 Å². The summed E-state index contributed by atoms with van der Waals surface area (Å²) in [6.45, 7) is 5.55. The van der Waals surface area contributed by atoms with Crippen molar-refractivity contribution in [3.05, 3.63) is 65.7 Å². The molecule has 6 heteroatoms. The van der Waals surface area contributed by atoms with Gasteiger partial charge in [-0.2, -0.15) is 0 Å². The van der Waals surface area contributed by atoms with Crippen molar-refractivity contribution in [1.29, 1.82) is 0 Å². The number of nitrogens with one attached hydrogen (secondary N) is 1. The molecule has 1 aliphatic rings. The molecule has 0 aromatic heterocycles. The monoisotopic (exact) mass is 386 g/mol. The fraction of sp³-hybridized carbons (Fsp3) is 0.381. The molecular formula is C21H26N2O3S. The van der Waals surface area contributed by atoms with Crippen LogP contribution in [-0.2, 0) is 21.4 Å². The first-order valence-corrected chi connectivity index (χ1v) is 10.7. The van der Waals surface area contributed by atoms with Crippen LogP contribution in [0.5, 0.6) is 0 Å². The number of amides is 1. The smallest absolute Gasteiger partial charge is 0.240 e. The van der Waals surface area contributed by atoms with Crippen molar-refractivity contribution in [2.45, 2.75) is 37.6 Å². The molecule has 1 fully saturated rings. The molecule has 144 valence electrons. The Bertz CT molecular complexity index is 877. The number of hydrogen-bond donors (Lipinski definition) is 1. The van der Waals surface area contributed by atoms with Crippen LogP contribution in [0.3, 0.4) is 0 Å². The topological polar surface area (TPSA) is 66.5 Å². The normalized spacial score (nSPS) is 17.7. The van der Waals surface area contributed by atoms with E-state index in [1.807, 2.05) is 42.5 Å². The molecular weight excluding hydrogens is 360 g/mol. The van der Waals surface area contributed by atoms with E-state index in [1.165, 1.54) is 0 Å².